The van der Waals surface area contributed by atoms with Crippen molar-refractivity contribution in [2.45, 2.75) is 25.2 Å². The molecule has 1 saturated carbocycles. The van der Waals surface area contributed by atoms with Gasteiger partial charge in [0.15, 0.2) is 0 Å². The molecule has 0 spiro atoms. The Bertz CT molecular complexity index is 700. The number of carbonyl (C=O) groups excluding carboxylic acids is 1. The van der Waals surface area contributed by atoms with Crippen molar-refractivity contribution < 1.29 is 4.79 Å². The molecule has 3 unspecified atom stereocenters. The van der Waals surface area contributed by atoms with E-state index >= 15 is 0 Å². The van der Waals surface area contributed by atoms with Crippen LogP contribution < -0.4 is 10.6 Å². The summed E-state index contributed by atoms with van der Waals surface area (Å²) in [5.41, 5.74) is 1.34. The van der Waals surface area contributed by atoms with Gasteiger partial charge in [0.25, 0.3) is 0 Å². The van der Waals surface area contributed by atoms with Gasteiger partial charge in [0.2, 0.25) is 5.91 Å². The number of piperidine rings is 1. The molecule has 0 radical (unpaired) electrons. The lowest BCUT2D eigenvalue weighted by molar-refractivity contribution is -0.122. The molecule has 2 aromatic rings. The van der Waals surface area contributed by atoms with Crippen molar-refractivity contribution in [1.29, 1.82) is 0 Å². The zero-order valence-electron chi connectivity index (χ0n) is 13.4. The van der Waals surface area contributed by atoms with Crippen molar-refractivity contribution in [3.63, 3.8) is 0 Å². The van der Waals surface area contributed by atoms with Crippen LogP contribution in [-0.4, -0.2) is 25.5 Å². The number of amides is 1. The highest BCUT2D eigenvalue weighted by molar-refractivity contribution is 5.89. The number of fused-ring (bicyclic) bond motifs is 1. The topological polar surface area (TPSA) is 41.1 Å². The molecule has 0 bridgehead atoms. The second-order valence-electron chi connectivity index (χ2n) is 6.97. The van der Waals surface area contributed by atoms with Crippen LogP contribution in [0.15, 0.2) is 42.5 Å². The zero-order chi connectivity index (χ0) is 15.6. The molecular weight excluding hydrogens is 284 g/mol. The molecule has 120 valence electrons. The van der Waals surface area contributed by atoms with Crippen LogP contribution in [0.3, 0.4) is 0 Å². The second kappa shape index (κ2) is 6.32. The van der Waals surface area contributed by atoms with Crippen LogP contribution >= 0.6 is 0 Å². The Balaban J connectivity index is 1.39. The quantitative estimate of drug-likeness (QED) is 0.911. The van der Waals surface area contributed by atoms with Crippen molar-refractivity contribution >= 4 is 16.7 Å². The number of carbonyl (C=O) groups is 1. The third kappa shape index (κ3) is 3.11. The molecule has 1 heterocycles. The molecule has 3 heteroatoms. The molecule has 23 heavy (non-hydrogen) atoms. The van der Waals surface area contributed by atoms with Crippen molar-refractivity contribution in [2.24, 2.45) is 11.8 Å². The molecule has 3 nitrogen and oxygen atoms in total. The first-order valence-electron chi connectivity index (χ1n) is 8.79. The highest BCUT2D eigenvalue weighted by Gasteiger charge is 2.44. The van der Waals surface area contributed by atoms with Gasteiger partial charge in [0, 0.05) is 12.5 Å². The van der Waals surface area contributed by atoms with E-state index in [9.17, 15) is 4.79 Å². The van der Waals surface area contributed by atoms with Gasteiger partial charge in [-0.25, -0.2) is 0 Å². The van der Waals surface area contributed by atoms with E-state index in [1.54, 1.807) is 0 Å². The summed E-state index contributed by atoms with van der Waals surface area (Å²) in [4.78, 5) is 12.4. The minimum Gasteiger partial charge on any atom is -0.356 e. The van der Waals surface area contributed by atoms with Crippen LogP contribution in [0.5, 0.6) is 0 Å². The van der Waals surface area contributed by atoms with Gasteiger partial charge in [-0.3, -0.25) is 4.79 Å². The van der Waals surface area contributed by atoms with Crippen LogP contribution in [-0.2, 0) is 4.79 Å². The van der Waals surface area contributed by atoms with Crippen molar-refractivity contribution in [1.82, 2.24) is 10.6 Å². The summed E-state index contributed by atoms with van der Waals surface area (Å²) in [5, 5.41) is 9.16. The SMILES string of the molecule is O=C(NCC1CCCNC1)C1CC1c1cccc2ccccc12. The maximum absolute atomic E-state index is 12.4. The predicted octanol–water partition coefficient (Wildman–Crippen LogP) is 3.06. The predicted molar refractivity (Wildman–Crippen MR) is 93.4 cm³/mol. The third-order valence-corrected chi connectivity index (χ3v) is 5.31. The molecule has 0 aromatic heterocycles. The monoisotopic (exact) mass is 308 g/mol. The lowest BCUT2D eigenvalue weighted by atomic mass is 9.99. The molecule has 1 saturated heterocycles. The van der Waals surface area contributed by atoms with Crippen molar-refractivity contribution in [3.8, 4) is 0 Å². The first kappa shape index (κ1) is 14.7. The third-order valence-electron chi connectivity index (χ3n) is 5.31. The maximum atomic E-state index is 12.4. The Hall–Kier alpha value is -1.87. The van der Waals surface area contributed by atoms with Crippen LogP contribution in [0.4, 0.5) is 0 Å². The Kier molecular flexibility index (Phi) is 4.04. The lowest BCUT2D eigenvalue weighted by Gasteiger charge is -2.22. The van der Waals surface area contributed by atoms with Crippen LogP contribution in [0.1, 0.15) is 30.7 Å². The number of hydrogen-bond acceptors (Lipinski definition) is 2. The van der Waals surface area contributed by atoms with E-state index in [0.717, 1.165) is 26.1 Å². The van der Waals surface area contributed by atoms with Crippen LogP contribution in [0, 0.1) is 11.8 Å². The summed E-state index contributed by atoms with van der Waals surface area (Å²) in [6, 6.07) is 14.9. The Labute approximate surface area is 137 Å². The zero-order valence-corrected chi connectivity index (χ0v) is 13.4. The summed E-state index contributed by atoms with van der Waals surface area (Å²) >= 11 is 0. The first-order chi connectivity index (χ1) is 11.3. The highest BCUT2D eigenvalue weighted by Crippen LogP contribution is 2.49. The Morgan fingerprint density at radius 3 is 2.91 bits per heavy atom. The average Bonchev–Trinajstić information content (AvgIpc) is 3.41. The molecule has 1 amide bonds. The summed E-state index contributed by atoms with van der Waals surface area (Å²) in [5.74, 6) is 1.40. The van der Waals surface area contributed by atoms with E-state index in [2.05, 4.69) is 53.1 Å². The molecule has 3 atom stereocenters. The summed E-state index contributed by atoms with van der Waals surface area (Å²) in [6.07, 6.45) is 3.44. The summed E-state index contributed by atoms with van der Waals surface area (Å²) < 4.78 is 0. The summed E-state index contributed by atoms with van der Waals surface area (Å²) in [7, 11) is 0. The molecule has 1 aliphatic heterocycles. The fraction of sp³-hybridized carbons (Fsp3) is 0.450. The van der Waals surface area contributed by atoms with Gasteiger partial charge in [-0.2, -0.15) is 0 Å². The minimum absolute atomic E-state index is 0.164. The van der Waals surface area contributed by atoms with Crippen LogP contribution in [0.25, 0.3) is 10.8 Å². The van der Waals surface area contributed by atoms with Gasteiger partial charge < -0.3 is 10.6 Å². The molecule has 2 fully saturated rings. The fourth-order valence-corrected chi connectivity index (χ4v) is 3.88. The fourth-order valence-electron chi connectivity index (χ4n) is 3.88. The maximum Gasteiger partial charge on any atom is 0.223 e. The van der Waals surface area contributed by atoms with E-state index in [-0.39, 0.29) is 11.8 Å². The Morgan fingerprint density at radius 2 is 2.04 bits per heavy atom. The first-order valence-corrected chi connectivity index (χ1v) is 8.79. The Morgan fingerprint density at radius 1 is 1.17 bits per heavy atom. The van der Waals surface area contributed by atoms with E-state index < -0.39 is 0 Å². The average molecular weight is 308 g/mol. The van der Waals surface area contributed by atoms with Crippen molar-refractivity contribution in [3.05, 3.63) is 48.0 Å². The standard InChI is InChI=1S/C20H24N2O/c23-20(22-13-14-5-4-10-21-12-14)19-11-18(19)17-9-3-7-15-6-1-2-8-16(15)17/h1-3,6-9,14,18-19,21H,4-5,10-13H2,(H,22,23). The van der Waals surface area contributed by atoms with Gasteiger partial charge >= 0.3 is 0 Å². The molecule has 1 aliphatic carbocycles. The van der Waals surface area contributed by atoms with Gasteiger partial charge in [0.05, 0.1) is 0 Å². The van der Waals surface area contributed by atoms with E-state index in [4.69, 9.17) is 0 Å². The normalized spacial score (nSPS) is 26.9. The van der Waals surface area contributed by atoms with Gasteiger partial charge in [-0.05, 0) is 60.5 Å². The van der Waals surface area contributed by atoms with E-state index in [1.807, 2.05) is 0 Å². The van der Waals surface area contributed by atoms with Crippen LogP contribution in [0.2, 0.25) is 0 Å². The van der Waals surface area contributed by atoms with Gasteiger partial charge in [-0.1, -0.05) is 42.5 Å². The number of hydrogen-bond donors (Lipinski definition) is 2. The smallest absolute Gasteiger partial charge is 0.223 e. The van der Waals surface area contributed by atoms with Gasteiger partial charge in [-0.15, -0.1) is 0 Å². The number of benzene rings is 2. The minimum atomic E-state index is 0.164. The molecule has 2 N–H and O–H groups in total. The number of nitrogens with one attached hydrogen (secondary N) is 2. The summed E-state index contributed by atoms with van der Waals surface area (Å²) in [6.45, 7) is 2.98. The molecule has 4 rings (SSSR count). The molecule has 2 aliphatic rings. The van der Waals surface area contributed by atoms with E-state index in [1.165, 1.54) is 29.2 Å². The van der Waals surface area contributed by atoms with Gasteiger partial charge in [0.1, 0.15) is 0 Å². The number of rotatable bonds is 4. The largest absolute Gasteiger partial charge is 0.356 e. The lowest BCUT2D eigenvalue weighted by Crippen LogP contribution is -2.38. The molecular formula is C20H24N2O. The van der Waals surface area contributed by atoms with E-state index in [0.29, 0.717) is 11.8 Å². The second-order valence-corrected chi connectivity index (χ2v) is 6.97. The van der Waals surface area contributed by atoms with Crippen molar-refractivity contribution in [2.75, 3.05) is 19.6 Å². The molecule has 2 aromatic carbocycles. The highest BCUT2D eigenvalue weighted by atomic mass is 16.2.